The number of hydrogen-bond acceptors (Lipinski definition) is 4. The highest BCUT2D eigenvalue weighted by Crippen LogP contribution is 2.34. The van der Waals surface area contributed by atoms with E-state index in [1.54, 1.807) is 12.1 Å². The van der Waals surface area contributed by atoms with Gasteiger partial charge < -0.3 is 14.6 Å². The van der Waals surface area contributed by atoms with Crippen LogP contribution in [0.3, 0.4) is 0 Å². The summed E-state index contributed by atoms with van der Waals surface area (Å²) in [5.74, 6) is 0.401. The van der Waals surface area contributed by atoms with Gasteiger partial charge in [0.05, 0.1) is 6.10 Å². The van der Waals surface area contributed by atoms with Crippen LogP contribution in [0, 0.1) is 5.82 Å². The molecule has 0 unspecified atom stereocenters. The maximum Gasteiger partial charge on any atom is 0.123 e. The third-order valence-corrected chi connectivity index (χ3v) is 4.15. The first-order valence-electron chi connectivity index (χ1n) is 7.11. The molecule has 1 aromatic carbocycles. The zero-order valence-electron chi connectivity index (χ0n) is 11.4. The molecule has 2 saturated heterocycles. The second kappa shape index (κ2) is 5.68. The zero-order chi connectivity index (χ0) is 14.0. The van der Waals surface area contributed by atoms with Crippen LogP contribution < -0.4 is 4.74 Å². The second-order valence-electron chi connectivity index (χ2n) is 5.57. The molecule has 110 valence electrons. The molecule has 0 aromatic heterocycles. The van der Waals surface area contributed by atoms with Gasteiger partial charge in [-0.1, -0.05) is 0 Å². The molecule has 2 fully saturated rings. The first-order chi connectivity index (χ1) is 9.68. The Morgan fingerprint density at radius 1 is 1.40 bits per heavy atom. The second-order valence-corrected chi connectivity index (χ2v) is 5.57. The maximum absolute atomic E-state index is 12.8. The van der Waals surface area contributed by atoms with Crippen LogP contribution in [-0.2, 0) is 4.74 Å². The van der Waals surface area contributed by atoms with E-state index >= 15 is 0 Å². The van der Waals surface area contributed by atoms with E-state index in [1.807, 2.05) is 0 Å². The van der Waals surface area contributed by atoms with Gasteiger partial charge in [0, 0.05) is 26.2 Å². The summed E-state index contributed by atoms with van der Waals surface area (Å²) in [4.78, 5) is 2.17. The largest absolute Gasteiger partial charge is 0.492 e. The van der Waals surface area contributed by atoms with Gasteiger partial charge in [-0.3, -0.25) is 4.90 Å². The lowest BCUT2D eigenvalue weighted by atomic mass is 9.97. The number of aliphatic hydroxyl groups excluding tert-OH is 1. The normalized spacial score (nSPS) is 30.2. The minimum Gasteiger partial charge on any atom is -0.492 e. The average molecular weight is 281 g/mol. The number of rotatable bonds is 4. The molecule has 2 atom stereocenters. The van der Waals surface area contributed by atoms with E-state index < -0.39 is 6.10 Å². The van der Waals surface area contributed by atoms with Crippen molar-refractivity contribution in [3.8, 4) is 5.75 Å². The van der Waals surface area contributed by atoms with E-state index in [0.717, 1.165) is 32.5 Å². The molecule has 1 N–H and O–H groups in total. The Morgan fingerprint density at radius 3 is 2.90 bits per heavy atom. The summed E-state index contributed by atoms with van der Waals surface area (Å²) in [5.41, 5.74) is -0.351. The first kappa shape index (κ1) is 13.8. The molecular formula is C15H20FNO3. The quantitative estimate of drug-likeness (QED) is 0.906. The van der Waals surface area contributed by atoms with Crippen LogP contribution in [0.4, 0.5) is 4.39 Å². The van der Waals surface area contributed by atoms with E-state index in [-0.39, 0.29) is 11.4 Å². The molecule has 0 aliphatic carbocycles. The van der Waals surface area contributed by atoms with Crippen molar-refractivity contribution >= 4 is 0 Å². The number of halogens is 1. The average Bonchev–Trinajstić information content (AvgIpc) is 3.02. The highest BCUT2D eigenvalue weighted by Gasteiger charge is 2.48. The lowest BCUT2D eigenvalue weighted by Gasteiger charge is -2.25. The first-order valence-corrected chi connectivity index (χ1v) is 7.11. The van der Waals surface area contributed by atoms with E-state index in [9.17, 15) is 9.50 Å². The zero-order valence-corrected chi connectivity index (χ0v) is 11.4. The smallest absolute Gasteiger partial charge is 0.123 e. The van der Waals surface area contributed by atoms with Crippen LogP contribution >= 0.6 is 0 Å². The number of nitrogens with zero attached hydrogens (tertiary/aromatic N) is 1. The molecule has 3 rings (SSSR count). The van der Waals surface area contributed by atoms with Crippen molar-refractivity contribution < 1.29 is 19.0 Å². The fraction of sp³-hybridized carbons (Fsp3) is 0.600. The van der Waals surface area contributed by atoms with Crippen molar-refractivity contribution in [1.82, 2.24) is 4.90 Å². The molecule has 2 heterocycles. The summed E-state index contributed by atoms with van der Waals surface area (Å²) < 4.78 is 24.1. The molecule has 0 bridgehead atoms. The minimum atomic E-state index is -0.407. The van der Waals surface area contributed by atoms with Crippen LogP contribution in [0.25, 0.3) is 0 Å². The third-order valence-electron chi connectivity index (χ3n) is 4.15. The highest BCUT2D eigenvalue weighted by molar-refractivity contribution is 5.22. The number of β-amino-alcohol motifs (C(OH)–C–C–N with tert-alkyl or cyclic N) is 1. The molecule has 4 nitrogen and oxygen atoms in total. The van der Waals surface area contributed by atoms with E-state index in [4.69, 9.17) is 9.47 Å². The van der Waals surface area contributed by atoms with Crippen LogP contribution in [0.1, 0.15) is 12.8 Å². The summed E-state index contributed by atoms with van der Waals surface area (Å²) in [6, 6.07) is 6.01. The van der Waals surface area contributed by atoms with Gasteiger partial charge in [-0.2, -0.15) is 0 Å². The van der Waals surface area contributed by atoms with Crippen molar-refractivity contribution in [3.63, 3.8) is 0 Å². The van der Waals surface area contributed by atoms with Crippen molar-refractivity contribution in [2.45, 2.75) is 24.5 Å². The number of likely N-dealkylation sites (tertiary alicyclic amines) is 1. The number of aliphatic hydroxyl groups is 1. The van der Waals surface area contributed by atoms with Crippen LogP contribution in [0.2, 0.25) is 0 Å². The molecule has 0 radical (unpaired) electrons. The lowest BCUT2D eigenvalue weighted by molar-refractivity contribution is -0.0593. The van der Waals surface area contributed by atoms with Crippen molar-refractivity contribution in [1.29, 1.82) is 0 Å². The Bertz CT molecular complexity index is 445. The summed E-state index contributed by atoms with van der Waals surface area (Å²) in [5, 5.41) is 10.1. The molecule has 2 aliphatic heterocycles. The summed E-state index contributed by atoms with van der Waals surface area (Å²) in [6.45, 7) is 3.40. The fourth-order valence-electron chi connectivity index (χ4n) is 3.06. The SMILES string of the molecule is O[C@H]1CN(CCOc2ccc(F)cc2)C[C@@]12CCCO2. The predicted molar refractivity (Wildman–Crippen MR) is 72.3 cm³/mol. The Labute approximate surface area is 118 Å². The van der Waals surface area contributed by atoms with Gasteiger partial charge in [-0.25, -0.2) is 4.39 Å². The molecule has 0 saturated carbocycles. The Hall–Kier alpha value is -1.17. The number of ether oxygens (including phenoxy) is 2. The monoisotopic (exact) mass is 281 g/mol. The molecule has 1 aromatic rings. The fourth-order valence-corrected chi connectivity index (χ4v) is 3.06. The number of benzene rings is 1. The Morgan fingerprint density at radius 2 is 2.20 bits per heavy atom. The van der Waals surface area contributed by atoms with Gasteiger partial charge in [0.1, 0.15) is 23.8 Å². The highest BCUT2D eigenvalue weighted by atomic mass is 19.1. The van der Waals surface area contributed by atoms with E-state index in [1.165, 1.54) is 12.1 Å². The molecule has 1 spiro atoms. The van der Waals surface area contributed by atoms with Gasteiger partial charge in [-0.05, 0) is 37.1 Å². The summed E-state index contributed by atoms with van der Waals surface area (Å²) in [6.07, 6.45) is 1.55. The van der Waals surface area contributed by atoms with Gasteiger partial charge in [0.2, 0.25) is 0 Å². The van der Waals surface area contributed by atoms with Gasteiger partial charge in [-0.15, -0.1) is 0 Å². The molecule has 2 aliphatic rings. The van der Waals surface area contributed by atoms with Gasteiger partial charge in [0.25, 0.3) is 0 Å². The van der Waals surface area contributed by atoms with Gasteiger partial charge in [0.15, 0.2) is 0 Å². The molecule has 0 amide bonds. The predicted octanol–water partition coefficient (Wildman–Crippen LogP) is 1.43. The third kappa shape index (κ3) is 2.80. The van der Waals surface area contributed by atoms with Crippen LogP contribution in [0.5, 0.6) is 5.75 Å². The Kier molecular flexibility index (Phi) is 3.92. The molecular weight excluding hydrogens is 261 g/mol. The lowest BCUT2D eigenvalue weighted by Crippen LogP contribution is -2.40. The van der Waals surface area contributed by atoms with Crippen LogP contribution in [0.15, 0.2) is 24.3 Å². The topological polar surface area (TPSA) is 41.9 Å². The minimum absolute atomic E-state index is 0.264. The standard InChI is InChI=1S/C15H20FNO3/c16-12-2-4-13(5-3-12)19-9-7-17-10-14(18)15(11-17)6-1-8-20-15/h2-5,14,18H,1,6-11H2/t14-,15-/m0/s1. The maximum atomic E-state index is 12.8. The molecule has 20 heavy (non-hydrogen) atoms. The molecule has 5 heteroatoms. The van der Waals surface area contributed by atoms with Crippen molar-refractivity contribution in [2.24, 2.45) is 0 Å². The van der Waals surface area contributed by atoms with E-state index in [0.29, 0.717) is 18.9 Å². The summed E-state index contributed by atoms with van der Waals surface area (Å²) >= 11 is 0. The number of hydrogen-bond donors (Lipinski definition) is 1. The van der Waals surface area contributed by atoms with Gasteiger partial charge >= 0.3 is 0 Å². The van der Waals surface area contributed by atoms with Crippen LogP contribution in [-0.4, -0.2) is 54.6 Å². The van der Waals surface area contributed by atoms with Crippen molar-refractivity contribution in [2.75, 3.05) is 32.8 Å². The summed E-state index contributed by atoms with van der Waals surface area (Å²) in [7, 11) is 0. The Balaban J connectivity index is 1.46. The van der Waals surface area contributed by atoms with E-state index in [2.05, 4.69) is 4.90 Å². The van der Waals surface area contributed by atoms with Crippen molar-refractivity contribution in [3.05, 3.63) is 30.1 Å².